The van der Waals surface area contributed by atoms with Crippen LogP contribution in [0.4, 0.5) is 0 Å². The standard InChI is InChI=1S/C13H24N4O2S/c1-4-13(5-6-13)9-16-20(18,19)12-11(8-15-17-12)7-14-10(2)3/h8,10,14,16H,4-7,9H2,1-3H3,(H,15,17). The number of aromatic nitrogens is 2. The predicted octanol–water partition coefficient (Wildman–Crippen LogP) is 1.38. The van der Waals surface area contributed by atoms with Crippen LogP contribution in [0.5, 0.6) is 0 Å². The summed E-state index contributed by atoms with van der Waals surface area (Å²) in [5, 5.41) is 9.85. The van der Waals surface area contributed by atoms with Crippen molar-refractivity contribution < 1.29 is 8.42 Å². The van der Waals surface area contributed by atoms with Gasteiger partial charge in [0.2, 0.25) is 0 Å². The number of hydrogen-bond acceptors (Lipinski definition) is 4. The minimum absolute atomic E-state index is 0.178. The molecule has 0 radical (unpaired) electrons. The van der Waals surface area contributed by atoms with E-state index in [1.54, 1.807) is 6.20 Å². The van der Waals surface area contributed by atoms with Gasteiger partial charge in [0.05, 0.1) is 6.20 Å². The molecule has 1 fully saturated rings. The van der Waals surface area contributed by atoms with Crippen LogP contribution in [0, 0.1) is 5.41 Å². The summed E-state index contributed by atoms with van der Waals surface area (Å²) in [6, 6.07) is 0.295. The first kappa shape index (κ1) is 15.5. The van der Waals surface area contributed by atoms with Crippen LogP contribution in [0.25, 0.3) is 0 Å². The Morgan fingerprint density at radius 1 is 1.45 bits per heavy atom. The smallest absolute Gasteiger partial charge is 0.257 e. The summed E-state index contributed by atoms with van der Waals surface area (Å²) in [7, 11) is -3.51. The molecule has 0 saturated heterocycles. The minimum atomic E-state index is -3.51. The number of nitrogens with zero attached hydrogens (tertiary/aromatic N) is 1. The second kappa shape index (κ2) is 5.83. The van der Waals surface area contributed by atoms with E-state index in [9.17, 15) is 8.42 Å². The van der Waals surface area contributed by atoms with Crippen LogP contribution in [-0.4, -0.2) is 31.2 Å². The molecular weight excluding hydrogens is 276 g/mol. The highest BCUT2D eigenvalue weighted by Gasteiger charge is 2.41. The highest BCUT2D eigenvalue weighted by Crippen LogP contribution is 2.48. The van der Waals surface area contributed by atoms with Crippen LogP contribution in [0.1, 0.15) is 45.6 Å². The Bertz CT molecular complexity index is 546. The first-order valence-electron chi connectivity index (χ1n) is 7.14. The third-order valence-corrected chi connectivity index (χ3v) is 5.41. The molecule has 6 nitrogen and oxygen atoms in total. The number of sulfonamides is 1. The third kappa shape index (κ3) is 3.59. The fraction of sp³-hybridized carbons (Fsp3) is 0.769. The Morgan fingerprint density at radius 2 is 2.15 bits per heavy atom. The Morgan fingerprint density at radius 3 is 2.70 bits per heavy atom. The van der Waals surface area contributed by atoms with Crippen molar-refractivity contribution in [2.24, 2.45) is 5.41 Å². The lowest BCUT2D eigenvalue weighted by molar-refractivity contribution is 0.474. The summed E-state index contributed by atoms with van der Waals surface area (Å²) in [6.07, 6.45) is 4.80. The van der Waals surface area contributed by atoms with Crippen molar-refractivity contribution in [1.29, 1.82) is 0 Å². The molecule has 20 heavy (non-hydrogen) atoms. The van der Waals surface area contributed by atoms with Gasteiger partial charge in [0.1, 0.15) is 0 Å². The van der Waals surface area contributed by atoms with E-state index >= 15 is 0 Å². The fourth-order valence-corrected chi connectivity index (χ4v) is 3.41. The molecule has 114 valence electrons. The van der Waals surface area contributed by atoms with Crippen LogP contribution in [0.3, 0.4) is 0 Å². The van der Waals surface area contributed by atoms with Crippen LogP contribution >= 0.6 is 0 Å². The van der Waals surface area contributed by atoms with E-state index in [0.29, 0.717) is 24.7 Å². The minimum Gasteiger partial charge on any atom is -0.310 e. The van der Waals surface area contributed by atoms with Crippen molar-refractivity contribution in [3.63, 3.8) is 0 Å². The second-order valence-corrected chi connectivity index (χ2v) is 7.64. The summed E-state index contributed by atoms with van der Waals surface area (Å²) in [4.78, 5) is 0. The fourth-order valence-electron chi connectivity index (χ4n) is 2.12. The molecule has 1 aliphatic rings. The molecule has 3 N–H and O–H groups in total. The molecule has 0 aromatic carbocycles. The Kier molecular flexibility index (Phi) is 4.51. The lowest BCUT2D eigenvalue weighted by Crippen LogP contribution is -2.31. The van der Waals surface area contributed by atoms with Gasteiger partial charge in [0.25, 0.3) is 10.0 Å². The number of rotatable bonds is 8. The van der Waals surface area contributed by atoms with Crippen molar-refractivity contribution >= 4 is 10.0 Å². The van der Waals surface area contributed by atoms with Gasteiger partial charge in [0, 0.05) is 24.7 Å². The molecule has 1 aromatic rings. The highest BCUT2D eigenvalue weighted by molar-refractivity contribution is 7.89. The third-order valence-electron chi connectivity index (χ3n) is 3.99. The number of H-pyrrole nitrogens is 1. The largest absolute Gasteiger partial charge is 0.310 e. The van der Waals surface area contributed by atoms with E-state index in [1.807, 2.05) is 13.8 Å². The zero-order valence-corrected chi connectivity index (χ0v) is 13.2. The first-order valence-corrected chi connectivity index (χ1v) is 8.62. The average molecular weight is 300 g/mol. The molecule has 1 aromatic heterocycles. The molecule has 2 rings (SSSR count). The highest BCUT2D eigenvalue weighted by atomic mass is 32.2. The van der Waals surface area contributed by atoms with E-state index in [2.05, 4.69) is 27.2 Å². The van der Waals surface area contributed by atoms with Crippen molar-refractivity contribution in [2.45, 2.75) is 57.6 Å². The van der Waals surface area contributed by atoms with Gasteiger partial charge in [-0.2, -0.15) is 5.10 Å². The topological polar surface area (TPSA) is 86.9 Å². The Balaban J connectivity index is 2.03. The van der Waals surface area contributed by atoms with Gasteiger partial charge in [-0.05, 0) is 24.7 Å². The van der Waals surface area contributed by atoms with E-state index in [1.165, 1.54) is 0 Å². The maximum Gasteiger partial charge on any atom is 0.257 e. The van der Waals surface area contributed by atoms with E-state index < -0.39 is 10.0 Å². The summed E-state index contributed by atoms with van der Waals surface area (Å²) in [5.41, 5.74) is 0.858. The van der Waals surface area contributed by atoms with Gasteiger partial charge >= 0.3 is 0 Å². The lowest BCUT2D eigenvalue weighted by Gasteiger charge is -2.14. The summed E-state index contributed by atoms with van der Waals surface area (Å²) in [6.45, 7) is 7.15. The summed E-state index contributed by atoms with van der Waals surface area (Å²) < 4.78 is 27.4. The Hall–Kier alpha value is -0.920. The van der Waals surface area contributed by atoms with Gasteiger partial charge in [0.15, 0.2) is 5.03 Å². The van der Waals surface area contributed by atoms with E-state index in [-0.39, 0.29) is 10.4 Å². The van der Waals surface area contributed by atoms with Crippen molar-refractivity contribution in [2.75, 3.05) is 6.54 Å². The van der Waals surface area contributed by atoms with E-state index in [4.69, 9.17) is 0 Å². The molecule has 0 atom stereocenters. The lowest BCUT2D eigenvalue weighted by atomic mass is 10.1. The predicted molar refractivity (Wildman–Crippen MR) is 77.7 cm³/mol. The van der Waals surface area contributed by atoms with E-state index in [0.717, 1.165) is 19.3 Å². The van der Waals surface area contributed by atoms with Crippen molar-refractivity contribution in [3.05, 3.63) is 11.8 Å². The molecular formula is C13H24N4O2S. The molecule has 0 unspecified atom stereocenters. The zero-order chi connectivity index (χ0) is 14.8. The van der Waals surface area contributed by atoms with Gasteiger partial charge in [-0.1, -0.05) is 20.8 Å². The van der Waals surface area contributed by atoms with Gasteiger partial charge in [-0.25, -0.2) is 13.1 Å². The average Bonchev–Trinajstić information content (AvgIpc) is 3.02. The molecule has 7 heteroatoms. The molecule has 1 aliphatic carbocycles. The monoisotopic (exact) mass is 300 g/mol. The van der Waals surface area contributed by atoms with Gasteiger partial charge in [-0.3, -0.25) is 5.10 Å². The summed E-state index contributed by atoms with van der Waals surface area (Å²) in [5.74, 6) is 0. The molecule has 0 spiro atoms. The second-order valence-electron chi connectivity index (χ2n) is 5.94. The van der Waals surface area contributed by atoms with Crippen molar-refractivity contribution in [1.82, 2.24) is 20.2 Å². The normalized spacial score (nSPS) is 17.6. The number of hydrogen-bond donors (Lipinski definition) is 3. The van der Waals surface area contributed by atoms with Crippen LogP contribution in [-0.2, 0) is 16.6 Å². The molecule has 0 bridgehead atoms. The number of aromatic amines is 1. The van der Waals surface area contributed by atoms with Crippen LogP contribution < -0.4 is 10.0 Å². The SMILES string of the molecule is CCC1(CNS(=O)(=O)c2[nH]ncc2CNC(C)C)CC1. The summed E-state index contributed by atoms with van der Waals surface area (Å²) >= 11 is 0. The van der Waals surface area contributed by atoms with Crippen LogP contribution in [0.2, 0.25) is 0 Å². The molecule has 0 amide bonds. The molecule has 1 saturated carbocycles. The molecule has 1 heterocycles. The van der Waals surface area contributed by atoms with Crippen LogP contribution in [0.15, 0.2) is 11.2 Å². The zero-order valence-electron chi connectivity index (χ0n) is 12.4. The quantitative estimate of drug-likeness (QED) is 0.677. The maximum atomic E-state index is 12.3. The number of nitrogens with one attached hydrogen (secondary N) is 3. The maximum absolute atomic E-state index is 12.3. The molecule has 0 aliphatic heterocycles. The van der Waals surface area contributed by atoms with Gasteiger partial charge < -0.3 is 5.32 Å². The van der Waals surface area contributed by atoms with Gasteiger partial charge in [-0.15, -0.1) is 0 Å². The Labute approximate surface area is 120 Å². The van der Waals surface area contributed by atoms with Crippen molar-refractivity contribution in [3.8, 4) is 0 Å². The first-order chi connectivity index (χ1) is 9.38.